The van der Waals surface area contributed by atoms with Gasteiger partial charge in [-0.2, -0.15) is 0 Å². The van der Waals surface area contributed by atoms with E-state index >= 15 is 0 Å². The van der Waals surface area contributed by atoms with Crippen molar-refractivity contribution in [2.24, 2.45) is 0 Å². The van der Waals surface area contributed by atoms with Crippen molar-refractivity contribution < 1.29 is 32.1 Å². The van der Waals surface area contributed by atoms with Crippen molar-refractivity contribution in [1.82, 2.24) is 5.16 Å². The second kappa shape index (κ2) is 9.88. The Morgan fingerprint density at radius 2 is 1.64 bits per heavy atom. The fourth-order valence-corrected chi connectivity index (χ4v) is 4.90. The van der Waals surface area contributed by atoms with Crippen molar-refractivity contribution in [3.05, 3.63) is 88.5 Å². The van der Waals surface area contributed by atoms with Crippen LogP contribution in [0.15, 0.2) is 87.1 Å². The summed E-state index contributed by atoms with van der Waals surface area (Å²) >= 11 is 0. The minimum Gasteiger partial charge on any atom is -0.493 e. The quantitative estimate of drug-likeness (QED) is 0.270. The summed E-state index contributed by atoms with van der Waals surface area (Å²) in [5.41, 5.74) is 0.127. The minimum absolute atomic E-state index is 0.0410. The Kier molecular flexibility index (Phi) is 6.70. The molecule has 4 aromatic rings. The van der Waals surface area contributed by atoms with E-state index in [-0.39, 0.29) is 26.7 Å². The fourth-order valence-electron chi connectivity index (χ4n) is 3.41. The molecule has 0 saturated heterocycles. The van der Waals surface area contributed by atoms with Crippen LogP contribution in [0.3, 0.4) is 0 Å². The molecule has 1 N–H and O–H groups in total. The van der Waals surface area contributed by atoms with Crippen LogP contribution in [-0.4, -0.2) is 38.6 Å². The maximum absolute atomic E-state index is 13.6. The first-order valence-corrected chi connectivity index (χ1v) is 11.8. The Labute approximate surface area is 205 Å². The number of aromatic nitrogens is 1. The SMILES string of the molecule is COc1ccc(-c2noc(NC(=O)c3ccc([N+](=O)[O-])cc3)c2S(=O)(=O)c2ccccc2)cc1OC. The maximum Gasteiger partial charge on any atom is 0.269 e. The predicted molar refractivity (Wildman–Crippen MR) is 128 cm³/mol. The average molecular weight is 509 g/mol. The fraction of sp³-hybridized carbons (Fsp3) is 0.0833. The van der Waals surface area contributed by atoms with Crippen molar-refractivity contribution in [3.8, 4) is 22.8 Å². The van der Waals surface area contributed by atoms with Gasteiger partial charge in [-0.3, -0.25) is 20.2 Å². The van der Waals surface area contributed by atoms with E-state index in [0.717, 1.165) is 12.1 Å². The van der Waals surface area contributed by atoms with Gasteiger partial charge in [-0.1, -0.05) is 23.4 Å². The molecule has 0 unspecified atom stereocenters. The number of amides is 1. The van der Waals surface area contributed by atoms with Crippen LogP contribution in [0.5, 0.6) is 11.5 Å². The highest BCUT2D eigenvalue weighted by atomic mass is 32.2. The number of ether oxygens (including phenoxy) is 2. The number of methoxy groups -OCH3 is 2. The molecule has 0 bridgehead atoms. The van der Waals surface area contributed by atoms with Crippen LogP contribution in [-0.2, 0) is 9.84 Å². The summed E-state index contributed by atoms with van der Waals surface area (Å²) in [4.78, 5) is 22.7. The third kappa shape index (κ3) is 4.61. The van der Waals surface area contributed by atoms with Gasteiger partial charge in [-0.05, 0) is 42.5 Å². The molecule has 0 spiro atoms. The summed E-state index contributed by atoms with van der Waals surface area (Å²) in [6, 6.07) is 17.1. The summed E-state index contributed by atoms with van der Waals surface area (Å²) in [6.07, 6.45) is 0. The third-order valence-electron chi connectivity index (χ3n) is 5.20. The maximum atomic E-state index is 13.6. The smallest absolute Gasteiger partial charge is 0.269 e. The van der Waals surface area contributed by atoms with E-state index in [4.69, 9.17) is 14.0 Å². The molecular weight excluding hydrogens is 490 g/mol. The number of rotatable bonds is 8. The second-order valence-corrected chi connectivity index (χ2v) is 9.22. The number of benzene rings is 3. The number of non-ortho nitro benzene ring substituents is 1. The van der Waals surface area contributed by atoms with E-state index in [2.05, 4.69) is 10.5 Å². The van der Waals surface area contributed by atoms with Gasteiger partial charge in [-0.25, -0.2) is 8.42 Å². The van der Waals surface area contributed by atoms with Gasteiger partial charge in [0.25, 0.3) is 17.5 Å². The van der Waals surface area contributed by atoms with Gasteiger partial charge in [0.2, 0.25) is 9.84 Å². The molecule has 1 heterocycles. The number of carbonyl (C=O) groups is 1. The Hall–Kier alpha value is -4.71. The normalized spacial score (nSPS) is 11.1. The third-order valence-corrected chi connectivity index (χ3v) is 7.01. The van der Waals surface area contributed by atoms with Gasteiger partial charge >= 0.3 is 0 Å². The number of anilines is 1. The largest absolute Gasteiger partial charge is 0.493 e. The van der Waals surface area contributed by atoms with Crippen molar-refractivity contribution in [3.63, 3.8) is 0 Å². The summed E-state index contributed by atoms with van der Waals surface area (Å²) in [7, 11) is -1.32. The predicted octanol–water partition coefficient (Wildman–Crippen LogP) is 4.35. The second-order valence-electron chi connectivity index (χ2n) is 7.33. The van der Waals surface area contributed by atoms with E-state index in [9.17, 15) is 23.3 Å². The van der Waals surface area contributed by atoms with Gasteiger partial charge in [0, 0.05) is 23.3 Å². The molecule has 4 rings (SSSR count). The van der Waals surface area contributed by atoms with Crippen molar-refractivity contribution in [2.75, 3.05) is 19.5 Å². The number of nitrogens with one attached hydrogen (secondary N) is 1. The number of nitrogens with zero attached hydrogens (tertiary/aromatic N) is 2. The number of nitro groups is 1. The van der Waals surface area contributed by atoms with E-state index in [1.807, 2.05) is 0 Å². The first-order valence-electron chi connectivity index (χ1n) is 10.3. The van der Waals surface area contributed by atoms with Crippen molar-refractivity contribution in [1.29, 1.82) is 0 Å². The van der Waals surface area contributed by atoms with Crippen molar-refractivity contribution in [2.45, 2.75) is 9.79 Å². The molecule has 0 saturated carbocycles. The number of nitro benzene ring substituents is 1. The monoisotopic (exact) mass is 509 g/mol. The van der Waals surface area contributed by atoms with Crippen molar-refractivity contribution >= 4 is 27.3 Å². The molecule has 1 aromatic heterocycles. The minimum atomic E-state index is -4.22. The van der Waals surface area contributed by atoms with Crippen LogP contribution >= 0.6 is 0 Å². The highest BCUT2D eigenvalue weighted by Crippen LogP contribution is 2.39. The van der Waals surface area contributed by atoms with Gasteiger partial charge in [0.1, 0.15) is 5.69 Å². The lowest BCUT2D eigenvalue weighted by molar-refractivity contribution is -0.384. The number of hydrogen-bond acceptors (Lipinski definition) is 9. The van der Waals surface area contributed by atoms with Crippen LogP contribution in [0.1, 0.15) is 10.4 Å². The molecule has 11 nitrogen and oxygen atoms in total. The van der Waals surface area contributed by atoms with Gasteiger partial charge in [0.15, 0.2) is 16.4 Å². The van der Waals surface area contributed by atoms with Crippen LogP contribution in [0.4, 0.5) is 11.6 Å². The molecule has 0 aliphatic heterocycles. The standard InChI is InChI=1S/C24H19N3O8S/c1-33-19-13-10-16(14-20(19)34-2)21-22(36(31,32)18-6-4-3-5-7-18)24(35-26-21)25-23(28)15-8-11-17(12-9-15)27(29)30/h3-14H,1-2H3,(H,25,28). The summed E-state index contributed by atoms with van der Waals surface area (Å²) in [6.45, 7) is 0. The number of sulfone groups is 1. The van der Waals surface area contributed by atoms with Crippen LogP contribution in [0.2, 0.25) is 0 Å². The lowest BCUT2D eigenvalue weighted by atomic mass is 10.1. The Bertz CT molecular complexity index is 1530. The Morgan fingerprint density at radius 3 is 2.25 bits per heavy atom. The highest BCUT2D eigenvalue weighted by molar-refractivity contribution is 7.91. The average Bonchev–Trinajstić information content (AvgIpc) is 3.33. The van der Waals surface area contributed by atoms with Crippen LogP contribution < -0.4 is 14.8 Å². The molecule has 0 radical (unpaired) electrons. The summed E-state index contributed by atoms with van der Waals surface area (Å²) in [5, 5.41) is 17.2. The van der Waals surface area contributed by atoms with E-state index in [1.165, 1.54) is 44.6 Å². The molecule has 0 fully saturated rings. The number of hydrogen-bond donors (Lipinski definition) is 1. The highest BCUT2D eigenvalue weighted by Gasteiger charge is 2.32. The Balaban J connectivity index is 1.82. The molecular formula is C24H19N3O8S. The molecule has 12 heteroatoms. The van der Waals surface area contributed by atoms with Gasteiger partial charge < -0.3 is 14.0 Å². The van der Waals surface area contributed by atoms with Gasteiger partial charge in [0.05, 0.1) is 24.0 Å². The van der Waals surface area contributed by atoms with E-state index < -0.39 is 26.6 Å². The topological polar surface area (TPSA) is 151 Å². The van der Waals surface area contributed by atoms with E-state index in [1.54, 1.807) is 30.3 Å². The van der Waals surface area contributed by atoms with Crippen LogP contribution in [0.25, 0.3) is 11.3 Å². The summed E-state index contributed by atoms with van der Waals surface area (Å²) < 4.78 is 43.1. The first kappa shape index (κ1) is 24.4. The molecule has 0 atom stereocenters. The molecule has 0 aliphatic rings. The molecule has 184 valence electrons. The van der Waals surface area contributed by atoms with Gasteiger partial charge in [-0.15, -0.1) is 0 Å². The zero-order chi connectivity index (χ0) is 25.9. The molecule has 1 amide bonds. The lowest BCUT2D eigenvalue weighted by Gasteiger charge is -2.10. The summed E-state index contributed by atoms with van der Waals surface area (Å²) in [5.74, 6) is -0.405. The zero-order valence-electron chi connectivity index (χ0n) is 19.0. The molecule has 36 heavy (non-hydrogen) atoms. The van der Waals surface area contributed by atoms with Crippen LogP contribution in [0, 0.1) is 10.1 Å². The number of carbonyl (C=O) groups excluding carboxylic acids is 1. The van der Waals surface area contributed by atoms with E-state index in [0.29, 0.717) is 17.1 Å². The first-order chi connectivity index (χ1) is 17.3. The zero-order valence-corrected chi connectivity index (χ0v) is 19.8. The molecule has 3 aromatic carbocycles. The molecule has 0 aliphatic carbocycles. The Morgan fingerprint density at radius 1 is 0.972 bits per heavy atom. The lowest BCUT2D eigenvalue weighted by Crippen LogP contribution is -2.14.